The van der Waals surface area contributed by atoms with Crippen molar-refractivity contribution in [2.75, 3.05) is 6.61 Å². The lowest BCUT2D eigenvalue weighted by atomic mass is 9.43. The van der Waals surface area contributed by atoms with E-state index in [0.717, 1.165) is 38.5 Å². The van der Waals surface area contributed by atoms with Crippen LogP contribution < -0.4 is 0 Å². The Morgan fingerprint density at radius 1 is 1.06 bits per heavy atom. The van der Waals surface area contributed by atoms with Crippen LogP contribution >= 0.6 is 0 Å². The Balaban J connectivity index is 1.23. The van der Waals surface area contributed by atoms with E-state index in [1.165, 1.54) is 19.3 Å². The zero-order chi connectivity index (χ0) is 25.9. The third-order valence-electron chi connectivity index (χ3n) is 12.1. The molecule has 1 aliphatic heterocycles. The number of aliphatic hydroxyl groups is 2. The van der Waals surface area contributed by atoms with E-state index in [1.54, 1.807) is 0 Å². The fraction of sp³-hybridized carbons (Fsp3) is 0.933. The average molecular weight is 505 g/mol. The van der Waals surface area contributed by atoms with Crippen molar-refractivity contribution in [2.24, 2.45) is 46.3 Å². The van der Waals surface area contributed by atoms with Crippen molar-refractivity contribution in [2.45, 2.75) is 123 Å². The Bertz CT molecular complexity index is 858. The van der Waals surface area contributed by atoms with Crippen LogP contribution in [0.15, 0.2) is 0 Å². The van der Waals surface area contributed by atoms with Gasteiger partial charge in [0.15, 0.2) is 0 Å². The van der Waals surface area contributed by atoms with Crippen LogP contribution in [0.1, 0.15) is 105 Å². The number of carbonyl (C=O) groups is 2. The maximum atomic E-state index is 12.7. The summed E-state index contributed by atoms with van der Waals surface area (Å²) in [6.07, 6.45) is 9.93. The zero-order valence-electron chi connectivity index (χ0n) is 22.8. The number of rotatable bonds is 5. The number of aliphatic hydroxyl groups excluding tert-OH is 2. The lowest BCUT2D eigenvalue weighted by molar-refractivity contribution is -0.177. The summed E-state index contributed by atoms with van der Waals surface area (Å²) in [6.45, 7) is 9.20. The van der Waals surface area contributed by atoms with Gasteiger partial charge in [-0.25, -0.2) is 0 Å². The quantitative estimate of drug-likeness (QED) is 0.510. The largest absolute Gasteiger partial charge is 0.465 e. The minimum Gasteiger partial charge on any atom is -0.465 e. The van der Waals surface area contributed by atoms with E-state index in [9.17, 15) is 19.8 Å². The Hall–Kier alpha value is -1.14. The van der Waals surface area contributed by atoms with Crippen molar-refractivity contribution in [3.05, 3.63) is 0 Å². The number of ether oxygens (including phenoxy) is 2. The fourth-order valence-electron chi connectivity index (χ4n) is 9.95. The van der Waals surface area contributed by atoms with Crippen molar-refractivity contribution in [1.82, 2.24) is 0 Å². The molecule has 6 nitrogen and oxygen atoms in total. The van der Waals surface area contributed by atoms with Crippen LogP contribution in [-0.2, 0) is 19.1 Å². The summed E-state index contributed by atoms with van der Waals surface area (Å²) in [5, 5.41) is 22.0. The highest BCUT2D eigenvalue weighted by molar-refractivity contribution is 5.74. The van der Waals surface area contributed by atoms with Crippen LogP contribution in [0.2, 0.25) is 0 Å². The first-order chi connectivity index (χ1) is 17.0. The van der Waals surface area contributed by atoms with Gasteiger partial charge >= 0.3 is 11.9 Å². The van der Waals surface area contributed by atoms with Gasteiger partial charge in [0, 0.05) is 12.8 Å². The standard InChI is InChI=1S/C30H48O6/c1-18(5-10-26(33)36-28(2)13-14-35-27(34)17-28)22-8-9-23-21-7-6-19-15-20(31)11-12-29(19,3)24(21)16-25(32)30(22,23)4/h18-25,31-32H,5-17H2,1-4H3/t18-,19-,20-,21?,22-,23?,24?,25+,28?,29+,30-/m1/s1. The van der Waals surface area contributed by atoms with E-state index >= 15 is 0 Å². The maximum Gasteiger partial charge on any atom is 0.309 e. The number of esters is 2. The summed E-state index contributed by atoms with van der Waals surface area (Å²) < 4.78 is 10.8. The zero-order valence-corrected chi connectivity index (χ0v) is 22.8. The molecule has 4 unspecified atom stereocenters. The van der Waals surface area contributed by atoms with Gasteiger partial charge < -0.3 is 19.7 Å². The Labute approximate surface area is 216 Å². The van der Waals surface area contributed by atoms with Crippen LogP contribution in [0.25, 0.3) is 0 Å². The number of carbonyl (C=O) groups excluding carboxylic acids is 2. The Morgan fingerprint density at radius 3 is 2.58 bits per heavy atom. The molecule has 0 aromatic carbocycles. The van der Waals surface area contributed by atoms with Crippen molar-refractivity contribution in [1.29, 1.82) is 0 Å². The molecule has 1 saturated heterocycles. The topological polar surface area (TPSA) is 93.1 Å². The first-order valence-electron chi connectivity index (χ1n) is 14.7. The van der Waals surface area contributed by atoms with Crippen molar-refractivity contribution >= 4 is 11.9 Å². The molecule has 5 rings (SSSR count). The molecule has 2 N–H and O–H groups in total. The van der Waals surface area contributed by atoms with Crippen LogP contribution in [-0.4, -0.2) is 46.6 Å². The highest BCUT2D eigenvalue weighted by Gasteiger charge is 2.63. The third kappa shape index (κ3) is 4.42. The molecule has 5 aliphatic rings. The minimum atomic E-state index is -0.751. The van der Waals surface area contributed by atoms with Gasteiger partial charge in [-0.3, -0.25) is 9.59 Å². The molecule has 0 amide bonds. The summed E-state index contributed by atoms with van der Waals surface area (Å²) >= 11 is 0. The second-order valence-electron chi connectivity index (χ2n) is 14.0. The molecule has 0 spiro atoms. The van der Waals surface area contributed by atoms with Gasteiger partial charge in [0.25, 0.3) is 0 Å². The van der Waals surface area contributed by atoms with Gasteiger partial charge in [-0.2, -0.15) is 0 Å². The predicted molar refractivity (Wildman–Crippen MR) is 136 cm³/mol. The molecule has 1 heterocycles. The Morgan fingerprint density at radius 2 is 1.83 bits per heavy atom. The summed E-state index contributed by atoms with van der Waals surface area (Å²) in [5.41, 5.74) is -0.598. The smallest absolute Gasteiger partial charge is 0.309 e. The first-order valence-corrected chi connectivity index (χ1v) is 14.7. The van der Waals surface area contributed by atoms with Crippen LogP contribution in [0, 0.1) is 46.3 Å². The summed E-state index contributed by atoms with van der Waals surface area (Å²) in [6, 6.07) is 0. The molecule has 0 aromatic rings. The first kappa shape index (κ1) is 26.5. The van der Waals surface area contributed by atoms with Gasteiger partial charge in [0.1, 0.15) is 5.60 Å². The molecule has 204 valence electrons. The van der Waals surface area contributed by atoms with Crippen molar-refractivity contribution in [3.63, 3.8) is 0 Å². The maximum absolute atomic E-state index is 12.7. The summed E-state index contributed by atoms with van der Waals surface area (Å²) in [5.74, 6) is 2.58. The molecule has 36 heavy (non-hydrogen) atoms. The molecular weight excluding hydrogens is 456 g/mol. The lowest BCUT2D eigenvalue weighted by Gasteiger charge is -2.62. The fourth-order valence-corrected chi connectivity index (χ4v) is 9.95. The monoisotopic (exact) mass is 504 g/mol. The molecule has 4 saturated carbocycles. The van der Waals surface area contributed by atoms with Crippen LogP contribution in [0.3, 0.4) is 0 Å². The highest BCUT2D eigenvalue weighted by Crippen LogP contribution is 2.68. The van der Waals surface area contributed by atoms with Gasteiger partial charge in [-0.15, -0.1) is 0 Å². The van der Waals surface area contributed by atoms with E-state index in [-0.39, 0.29) is 41.4 Å². The van der Waals surface area contributed by atoms with Gasteiger partial charge in [-0.1, -0.05) is 20.8 Å². The number of fused-ring (bicyclic) bond motifs is 5. The van der Waals surface area contributed by atoms with Crippen LogP contribution in [0.5, 0.6) is 0 Å². The lowest BCUT2D eigenvalue weighted by Crippen LogP contribution is -2.58. The normalized spacial score (nSPS) is 49.3. The van der Waals surface area contributed by atoms with E-state index in [4.69, 9.17) is 9.47 Å². The van der Waals surface area contributed by atoms with Gasteiger partial charge in [-0.05, 0) is 111 Å². The molecule has 0 aromatic heterocycles. The molecule has 4 aliphatic carbocycles. The van der Waals surface area contributed by atoms with E-state index in [2.05, 4.69) is 20.8 Å². The highest BCUT2D eigenvalue weighted by atomic mass is 16.6. The molecule has 6 heteroatoms. The van der Waals surface area contributed by atoms with Gasteiger partial charge in [0.05, 0.1) is 25.2 Å². The third-order valence-corrected chi connectivity index (χ3v) is 12.1. The van der Waals surface area contributed by atoms with Crippen molar-refractivity contribution < 1.29 is 29.3 Å². The molecule has 11 atom stereocenters. The molecular formula is C30H48O6. The van der Waals surface area contributed by atoms with Gasteiger partial charge in [0.2, 0.25) is 0 Å². The number of hydrogen-bond donors (Lipinski definition) is 2. The van der Waals surface area contributed by atoms with Crippen LogP contribution in [0.4, 0.5) is 0 Å². The molecule has 0 bridgehead atoms. The van der Waals surface area contributed by atoms with E-state index < -0.39 is 5.60 Å². The summed E-state index contributed by atoms with van der Waals surface area (Å²) in [7, 11) is 0. The second-order valence-corrected chi connectivity index (χ2v) is 14.0. The van der Waals surface area contributed by atoms with E-state index in [0.29, 0.717) is 55.0 Å². The minimum absolute atomic E-state index is 0.0963. The van der Waals surface area contributed by atoms with Crippen molar-refractivity contribution in [3.8, 4) is 0 Å². The van der Waals surface area contributed by atoms with E-state index in [1.807, 2.05) is 6.92 Å². The molecule has 0 radical (unpaired) electrons. The molecule has 5 fully saturated rings. The Kier molecular flexibility index (Phi) is 7.02. The average Bonchev–Trinajstić information content (AvgIpc) is 3.17. The number of cyclic esters (lactones) is 1. The second kappa shape index (κ2) is 9.55. The summed E-state index contributed by atoms with van der Waals surface area (Å²) in [4.78, 5) is 24.4. The number of hydrogen-bond acceptors (Lipinski definition) is 6. The SMILES string of the molecule is C[C@H](CCC(=O)OC1(C)CCOC(=O)C1)[C@H]1CCC2C3CC[C@@H]4C[C@H](O)CC[C@]4(C)C3C[C@H](O)[C@@]21C. The predicted octanol–water partition coefficient (Wildman–Crippen LogP) is 5.03.